The molecule has 1 aromatic rings. The Balaban J connectivity index is 2.23. The van der Waals surface area contributed by atoms with E-state index in [4.69, 9.17) is 9.47 Å². The number of methoxy groups -OCH3 is 2. The molecule has 2 rings (SSSR count). The van der Waals surface area contributed by atoms with Gasteiger partial charge in [0.05, 0.1) is 14.2 Å². The van der Waals surface area contributed by atoms with Gasteiger partial charge >= 0.3 is 0 Å². The van der Waals surface area contributed by atoms with Crippen LogP contribution in [0, 0.1) is 0 Å². The van der Waals surface area contributed by atoms with Crippen molar-refractivity contribution in [2.75, 3.05) is 25.7 Å². The van der Waals surface area contributed by atoms with E-state index in [9.17, 15) is 4.21 Å². The normalized spacial score (nSPS) is 27.0. The summed E-state index contributed by atoms with van der Waals surface area (Å²) >= 11 is 0. The molecule has 3 atom stereocenters. The van der Waals surface area contributed by atoms with Crippen molar-refractivity contribution in [2.45, 2.75) is 25.4 Å². The molecular formula is C14H21NO3S. The molecule has 0 amide bonds. The molecule has 1 aliphatic heterocycles. The second-order valence-electron chi connectivity index (χ2n) is 4.71. The molecule has 1 aromatic carbocycles. The van der Waals surface area contributed by atoms with Crippen LogP contribution in [0.25, 0.3) is 0 Å². The van der Waals surface area contributed by atoms with Crippen LogP contribution < -0.4 is 14.8 Å². The number of benzene rings is 1. The Hall–Kier alpha value is -1.07. The highest BCUT2D eigenvalue weighted by molar-refractivity contribution is 7.85. The van der Waals surface area contributed by atoms with Gasteiger partial charge in [0.1, 0.15) is 0 Å². The van der Waals surface area contributed by atoms with Crippen LogP contribution in [0.5, 0.6) is 11.5 Å². The highest BCUT2D eigenvalue weighted by Crippen LogP contribution is 2.31. The first-order chi connectivity index (χ1) is 9.17. The van der Waals surface area contributed by atoms with Crippen LogP contribution >= 0.6 is 0 Å². The summed E-state index contributed by atoms with van der Waals surface area (Å²) in [6.45, 7) is 2.12. The second-order valence-corrected chi connectivity index (χ2v) is 6.26. The molecule has 0 radical (unpaired) electrons. The predicted molar refractivity (Wildman–Crippen MR) is 77.4 cm³/mol. The van der Waals surface area contributed by atoms with Gasteiger partial charge in [-0.3, -0.25) is 4.21 Å². The molecule has 106 valence electrons. The number of hydrogen-bond donors (Lipinski definition) is 1. The predicted octanol–water partition coefficient (Wildman–Crippen LogP) is 1.88. The second kappa shape index (κ2) is 6.39. The van der Waals surface area contributed by atoms with E-state index < -0.39 is 10.8 Å². The lowest BCUT2D eigenvalue weighted by molar-refractivity contribution is 0.353. The highest BCUT2D eigenvalue weighted by Gasteiger charge is 2.26. The molecule has 1 N–H and O–H groups in total. The van der Waals surface area contributed by atoms with Gasteiger partial charge in [0.25, 0.3) is 0 Å². The average molecular weight is 283 g/mol. The minimum Gasteiger partial charge on any atom is -0.493 e. The summed E-state index contributed by atoms with van der Waals surface area (Å²) in [5.74, 6) is 2.84. The van der Waals surface area contributed by atoms with Crippen LogP contribution in [-0.2, 0) is 10.8 Å². The zero-order valence-electron chi connectivity index (χ0n) is 11.6. The Labute approximate surface area is 116 Å². The van der Waals surface area contributed by atoms with E-state index in [1.54, 1.807) is 14.2 Å². The quantitative estimate of drug-likeness (QED) is 0.916. The third kappa shape index (κ3) is 3.28. The van der Waals surface area contributed by atoms with Crippen LogP contribution in [0.4, 0.5) is 0 Å². The molecule has 1 fully saturated rings. The Kier molecular flexibility index (Phi) is 4.82. The fourth-order valence-electron chi connectivity index (χ4n) is 2.36. The first kappa shape index (κ1) is 14.3. The van der Waals surface area contributed by atoms with Crippen LogP contribution in [0.1, 0.15) is 24.9 Å². The molecule has 4 nitrogen and oxygen atoms in total. The van der Waals surface area contributed by atoms with E-state index in [2.05, 4.69) is 12.2 Å². The maximum Gasteiger partial charge on any atom is 0.161 e. The van der Waals surface area contributed by atoms with E-state index >= 15 is 0 Å². The van der Waals surface area contributed by atoms with Gasteiger partial charge in [-0.15, -0.1) is 0 Å². The summed E-state index contributed by atoms with van der Waals surface area (Å²) in [5.41, 5.74) is 1.10. The minimum absolute atomic E-state index is 0.124. The van der Waals surface area contributed by atoms with Crippen molar-refractivity contribution in [1.29, 1.82) is 0 Å². The summed E-state index contributed by atoms with van der Waals surface area (Å²) in [6, 6.07) is 6.32. The fraction of sp³-hybridized carbons (Fsp3) is 0.571. The van der Waals surface area contributed by atoms with Crippen LogP contribution in [-0.4, -0.2) is 36.0 Å². The van der Waals surface area contributed by atoms with Gasteiger partial charge in [0.2, 0.25) is 0 Å². The van der Waals surface area contributed by atoms with Crippen molar-refractivity contribution >= 4 is 10.8 Å². The smallest absolute Gasteiger partial charge is 0.161 e. The Morgan fingerprint density at radius 2 is 2.00 bits per heavy atom. The first-order valence-corrected chi connectivity index (χ1v) is 7.99. The van der Waals surface area contributed by atoms with E-state index in [1.807, 2.05) is 18.2 Å². The number of nitrogens with one attached hydrogen (secondary N) is 1. The lowest BCUT2D eigenvalue weighted by atomic mass is 10.1. The lowest BCUT2D eigenvalue weighted by Crippen LogP contribution is -2.44. The van der Waals surface area contributed by atoms with Crippen molar-refractivity contribution in [2.24, 2.45) is 0 Å². The summed E-state index contributed by atoms with van der Waals surface area (Å²) < 4.78 is 22.5. The van der Waals surface area contributed by atoms with Gasteiger partial charge in [-0.2, -0.15) is 0 Å². The Bertz CT molecular complexity index is 464. The highest BCUT2D eigenvalue weighted by atomic mass is 32.2. The van der Waals surface area contributed by atoms with Crippen LogP contribution in [0.3, 0.4) is 0 Å². The summed E-state index contributed by atoms with van der Waals surface area (Å²) in [6.07, 6.45) is 0.996. The third-order valence-corrected chi connectivity index (χ3v) is 4.96. The standard InChI is InChI=1S/C14H21NO3S/c1-4-11-8-19(16)9-12(15-11)10-5-6-13(17-2)14(7-10)18-3/h5-7,11-12,15H,4,8-9H2,1-3H3. The number of hydrogen-bond acceptors (Lipinski definition) is 4. The van der Waals surface area contributed by atoms with Gasteiger partial charge in [0, 0.05) is 34.4 Å². The Morgan fingerprint density at radius 3 is 2.63 bits per heavy atom. The SMILES string of the molecule is CCC1CS(=O)CC(c2ccc(OC)c(OC)c2)N1. The van der Waals surface area contributed by atoms with E-state index in [-0.39, 0.29) is 6.04 Å². The minimum atomic E-state index is -0.751. The van der Waals surface area contributed by atoms with Gasteiger partial charge in [0.15, 0.2) is 11.5 Å². The summed E-state index contributed by atoms with van der Waals surface area (Å²) in [7, 11) is 2.50. The molecular weight excluding hydrogens is 262 g/mol. The average Bonchev–Trinajstić information content (AvgIpc) is 2.45. The molecule has 5 heteroatoms. The molecule has 0 aliphatic carbocycles. The molecule has 1 saturated heterocycles. The largest absolute Gasteiger partial charge is 0.493 e. The summed E-state index contributed by atoms with van der Waals surface area (Å²) in [5, 5.41) is 3.55. The molecule has 0 bridgehead atoms. The van der Waals surface area contributed by atoms with E-state index in [0.29, 0.717) is 17.5 Å². The molecule has 0 spiro atoms. The van der Waals surface area contributed by atoms with E-state index in [0.717, 1.165) is 23.5 Å². The molecule has 19 heavy (non-hydrogen) atoms. The zero-order chi connectivity index (χ0) is 13.8. The Morgan fingerprint density at radius 1 is 1.26 bits per heavy atom. The number of rotatable bonds is 4. The van der Waals surface area contributed by atoms with Crippen LogP contribution in [0.15, 0.2) is 18.2 Å². The maximum absolute atomic E-state index is 11.9. The van der Waals surface area contributed by atoms with Crippen LogP contribution in [0.2, 0.25) is 0 Å². The van der Waals surface area contributed by atoms with Crippen molar-refractivity contribution < 1.29 is 13.7 Å². The monoisotopic (exact) mass is 283 g/mol. The van der Waals surface area contributed by atoms with Gasteiger partial charge in [-0.05, 0) is 24.1 Å². The molecule has 0 saturated carbocycles. The molecule has 1 aliphatic rings. The van der Waals surface area contributed by atoms with Crippen molar-refractivity contribution in [3.05, 3.63) is 23.8 Å². The lowest BCUT2D eigenvalue weighted by Gasteiger charge is -2.30. The van der Waals surface area contributed by atoms with Crippen molar-refractivity contribution in [1.82, 2.24) is 5.32 Å². The summed E-state index contributed by atoms with van der Waals surface area (Å²) in [4.78, 5) is 0. The zero-order valence-corrected chi connectivity index (χ0v) is 12.5. The van der Waals surface area contributed by atoms with Crippen molar-refractivity contribution in [3.8, 4) is 11.5 Å². The van der Waals surface area contributed by atoms with E-state index in [1.165, 1.54) is 0 Å². The maximum atomic E-state index is 11.9. The topological polar surface area (TPSA) is 47.6 Å². The van der Waals surface area contributed by atoms with Gasteiger partial charge in [-0.1, -0.05) is 13.0 Å². The molecule has 0 aromatic heterocycles. The van der Waals surface area contributed by atoms with Crippen molar-refractivity contribution in [3.63, 3.8) is 0 Å². The number of ether oxygens (including phenoxy) is 2. The van der Waals surface area contributed by atoms with Gasteiger partial charge < -0.3 is 14.8 Å². The van der Waals surface area contributed by atoms with Gasteiger partial charge in [-0.25, -0.2) is 0 Å². The third-order valence-electron chi connectivity index (χ3n) is 3.48. The molecule has 3 unspecified atom stereocenters. The first-order valence-electron chi connectivity index (χ1n) is 6.50. The molecule has 1 heterocycles. The fourth-order valence-corrected chi connectivity index (χ4v) is 3.93.